The van der Waals surface area contributed by atoms with Crippen LogP contribution in [0.1, 0.15) is 40.0 Å². The molecule has 1 fully saturated rings. The molecular formula is C15H20O3. The van der Waals surface area contributed by atoms with Crippen LogP contribution in [0.15, 0.2) is 22.3 Å². The number of aliphatic hydroxyl groups excluding tert-OH is 1. The summed E-state index contributed by atoms with van der Waals surface area (Å²) >= 11 is 0. The van der Waals surface area contributed by atoms with Crippen molar-refractivity contribution in [1.82, 2.24) is 0 Å². The summed E-state index contributed by atoms with van der Waals surface area (Å²) < 4.78 is 5.08. The highest BCUT2D eigenvalue weighted by Gasteiger charge is 2.44. The molecule has 0 aromatic rings. The third-order valence-corrected chi connectivity index (χ3v) is 4.61. The fraction of sp³-hybridized carbons (Fsp3) is 0.667. The van der Waals surface area contributed by atoms with E-state index in [1.54, 1.807) is 0 Å². The first-order valence-corrected chi connectivity index (χ1v) is 6.65. The lowest BCUT2D eigenvalue weighted by Gasteiger charge is -2.21. The highest BCUT2D eigenvalue weighted by atomic mass is 16.5. The molecule has 3 aliphatic rings. The van der Waals surface area contributed by atoms with Gasteiger partial charge in [-0.3, -0.25) is 0 Å². The molecule has 2 aliphatic carbocycles. The van der Waals surface area contributed by atoms with Crippen LogP contribution in [0.25, 0.3) is 0 Å². The zero-order valence-corrected chi connectivity index (χ0v) is 11.2. The van der Waals surface area contributed by atoms with Crippen LogP contribution in [0, 0.1) is 11.3 Å². The summed E-state index contributed by atoms with van der Waals surface area (Å²) in [6, 6.07) is 0. The molecule has 0 aromatic heterocycles. The van der Waals surface area contributed by atoms with Gasteiger partial charge in [-0.15, -0.1) is 0 Å². The topological polar surface area (TPSA) is 46.5 Å². The van der Waals surface area contributed by atoms with Crippen molar-refractivity contribution < 1.29 is 14.6 Å². The Labute approximate surface area is 108 Å². The Kier molecular flexibility index (Phi) is 2.46. The number of allylic oxidation sites excluding steroid dienone is 1. The van der Waals surface area contributed by atoms with Gasteiger partial charge in [-0.2, -0.15) is 0 Å². The molecule has 1 N–H and O–H groups in total. The fourth-order valence-electron chi connectivity index (χ4n) is 3.73. The van der Waals surface area contributed by atoms with Crippen LogP contribution >= 0.6 is 0 Å². The Balaban J connectivity index is 2.05. The molecule has 0 amide bonds. The zero-order chi connectivity index (χ0) is 13.1. The third kappa shape index (κ3) is 1.64. The molecule has 1 aliphatic heterocycles. The van der Waals surface area contributed by atoms with Crippen LogP contribution < -0.4 is 0 Å². The maximum absolute atomic E-state index is 11.7. The molecular weight excluding hydrogens is 228 g/mol. The predicted octanol–water partition coefficient (Wildman–Crippen LogP) is 2.36. The number of ether oxygens (including phenoxy) is 1. The van der Waals surface area contributed by atoms with Crippen LogP contribution in [0.3, 0.4) is 0 Å². The first kappa shape index (κ1) is 12.0. The van der Waals surface area contributed by atoms with Gasteiger partial charge in [0.2, 0.25) is 0 Å². The van der Waals surface area contributed by atoms with Crippen molar-refractivity contribution >= 4 is 5.97 Å². The minimum atomic E-state index is -0.527. The van der Waals surface area contributed by atoms with E-state index in [1.807, 2.05) is 0 Å². The molecule has 0 spiro atoms. The standard InChI is InChI=1S/C15H20O3/c1-8-4-9-12(7-18-14(9)17)13(16)11-6-15(2,3)5-10(8)11/h11,13,16H,4-7H2,1-3H3/t11-,13+/m0/s1. The largest absolute Gasteiger partial charge is 0.458 e. The number of carbonyl (C=O) groups is 1. The van der Waals surface area contributed by atoms with Gasteiger partial charge in [0.25, 0.3) is 0 Å². The first-order chi connectivity index (χ1) is 8.39. The zero-order valence-electron chi connectivity index (χ0n) is 11.2. The highest BCUT2D eigenvalue weighted by molar-refractivity contribution is 5.92. The number of esters is 1. The second-order valence-corrected chi connectivity index (χ2v) is 6.66. The number of cyclic esters (lactones) is 1. The van der Waals surface area contributed by atoms with Crippen LogP contribution in [-0.4, -0.2) is 23.8 Å². The van der Waals surface area contributed by atoms with E-state index in [0.29, 0.717) is 12.0 Å². The molecule has 1 heterocycles. The molecule has 0 radical (unpaired) electrons. The Morgan fingerprint density at radius 3 is 2.78 bits per heavy atom. The van der Waals surface area contributed by atoms with Crippen molar-refractivity contribution in [3.05, 3.63) is 22.3 Å². The molecule has 3 rings (SSSR count). The summed E-state index contributed by atoms with van der Waals surface area (Å²) in [5, 5.41) is 10.6. The smallest absolute Gasteiger partial charge is 0.334 e. The molecule has 18 heavy (non-hydrogen) atoms. The minimum Gasteiger partial charge on any atom is -0.458 e. The number of hydrogen-bond acceptors (Lipinski definition) is 3. The summed E-state index contributed by atoms with van der Waals surface area (Å²) in [6.07, 6.45) is 2.16. The number of rotatable bonds is 0. The average molecular weight is 248 g/mol. The third-order valence-electron chi connectivity index (χ3n) is 4.61. The summed E-state index contributed by atoms with van der Waals surface area (Å²) in [6.45, 7) is 6.88. The van der Waals surface area contributed by atoms with Gasteiger partial charge < -0.3 is 9.84 Å². The van der Waals surface area contributed by atoms with Gasteiger partial charge in [-0.1, -0.05) is 25.0 Å². The predicted molar refractivity (Wildman–Crippen MR) is 67.8 cm³/mol. The van der Waals surface area contributed by atoms with E-state index < -0.39 is 6.10 Å². The van der Waals surface area contributed by atoms with Gasteiger partial charge in [0.1, 0.15) is 6.61 Å². The lowest BCUT2D eigenvalue weighted by atomic mass is 9.87. The minimum absolute atomic E-state index is 0.182. The Bertz CT molecular complexity index is 482. The highest BCUT2D eigenvalue weighted by Crippen LogP contribution is 2.51. The van der Waals surface area contributed by atoms with Gasteiger partial charge in [-0.05, 0) is 25.2 Å². The van der Waals surface area contributed by atoms with Crippen molar-refractivity contribution in [2.75, 3.05) is 6.61 Å². The Morgan fingerprint density at radius 1 is 1.33 bits per heavy atom. The van der Waals surface area contributed by atoms with Crippen LogP contribution in [0.4, 0.5) is 0 Å². The van der Waals surface area contributed by atoms with E-state index >= 15 is 0 Å². The second kappa shape index (κ2) is 3.70. The van der Waals surface area contributed by atoms with E-state index in [1.165, 1.54) is 11.1 Å². The molecule has 3 heteroatoms. The van der Waals surface area contributed by atoms with Crippen LogP contribution in [-0.2, 0) is 9.53 Å². The number of carbonyl (C=O) groups excluding carboxylic acids is 1. The normalized spacial score (nSPS) is 34.3. The van der Waals surface area contributed by atoms with Gasteiger partial charge in [0.15, 0.2) is 0 Å². The molecule has 0 bridgehead atoms. The maximum atomic E-state index is 11.7. The summed E-state index contributed by atoms with van der Waals surface area (Å²) in [5.41, 5.74) is 4.42. The summed E-state index contributed by atoms with van der Waals surface area (Å²) in [5.74, 6) is -0.0507. The number of fused-ring (bicyclic) bond motifs is 1. The van der Waals surface area contributed by atoms with Crippen LogP contribution in [0.5, 0.6) is 0 Å². The van der Waals surface area contributed by atoms with E-state index in [0.717, 1.165) is 18.4 Å². The lowest BCUT2D eigenvalue weighted by Crippen LogP contribution is -2.23. The van der Waals surface area contributed by atoms with E-state index in [4.69, 9.17) is 4.74 Å². The molecule has 2 atom stereocenters. The Hall–Kier alpha value is -1.09. The maximum Gasteiger partial charge on any atom is 0.334 e. The SMILES string of the molecule is CC1=C2CC(C)(C)C[C@@H]2[C@@H](O)C2=C(C1)C(=O)OC2. The van der Waals surface area contributed by atoms with Gasteiger partial charge >= 0.3 is 5.97 Å². The van der Waals surface area contributed by atoms with Crippen molar-refractivity contribution in [1.29, 1.82) is 0 Å². The van der Waals surface area contributed by atoms with Gasteiger partial charge in [-0.25, -0.2) is 4.79 Å². The molecule has 3 nitrogen and oxygen atoms in total. The van der Waals surface area contributed by atoms with E-state index in [-0.39, 0.29) is 23.9 Å². The molecule has 0 unspecified atom stereocenters. The second-order valence-electron chi connectivity index (χ2n) is 6.66. The quantitative estimate of drug-likeness (QED) is 0.529. The molecule has 0 aromatic carbocycles. The van der Waals surface area contributed by atoms with Crippen LogP contribution in [0.2, 0.25) is 0 Å². The number of aliphatic hydroxyl groups is 1. The van der Waals surface area contributed by atoms with E-state index in [2.05, 4.69) is 20.8 Å². The van der Waals surface area contributed by atoms with Crippen molar-refractivity contribution in [3.63, 3.8) is 0 Å². The summed E-state index contributed by atoms with van der Waals surface area (Å²) in [7, 11) is 0. The van der Waals surface area contributed by atoms with Gasteiger partial charge in [0.05, 0.1) is 6.10 Å². The molecule has 1 saturated carbocycles. The van der Waals surface area contributed by atoms with Crippen molar-refractivity contribution in [2.45, 2.75) is 46.1 Å². The summed E-state index contributed by atoms with van der Waals surface area (Å²) in [4.78, 5) is 11.7. The number of hydrogen-bond donors (Lipinski definition) is 1. The molecule has 0 saturated heterocycles. The first-order valence-electron chi connectivity index (χ1n) is 6.65. The molecule has 98 valence electrons. The Morgan fingerprint density at radius 2 is 2.06 bits per heavy atom. The monoisotopic (exact) mass is 248 g/mol. The average Bonchev–Trinajstić information content (AvgIpc) is 2.77. The van der Waals surface area contributed by atoms with Crippen molar-refractivity contribution in [3.8, 4) is 0 Å². The van der Waals surface area contributed by atoms with Crippen molar-refractivity contribution in [2.24, 2.45) is 11.3 Å². The van der Waals surface area contributed by atoms with E-state index in [9.17, 15) is 9.90 Å². The van der Waals surface area contributed by atoms with Gasteiger partial charge in [0, 0.05) is 23.5 Å². The fourth-order valence-corrected chi connectivity index (χ4v) is 3.73. The lowest BCUT2D eigenvalue weighted by molar-refractivity contribution is -0.136.